The van der Waals surface area contributed by atoms with Crippen LogP contribution in [0.3, 0.4) is 0 Å². The number of hydrogen-bond donors (Lipinski definition) is 3. The van der Waals surface area contributed by atoms with Crippen LogP contribution >= 0.6 is 0 Å². The lowest BCUT2D eigenvalue weighted by molar-refractivity contribution is 0.0656. The fourth-order valence-corrected chi connectivity index (χ4v) is 3.66. The van der Waals surface area contributed by atoms with Crippen molar-refractivity contribution >= 4 is 5.96 Å². The molecule has 0 spiro atoms. The third-order valence-corrected chi connectivity index (χ3v) is 5.11. The Bertz CT molecular complexity index is 741. The molecule has 3 rings (SSSR count). The zero-order valence-corrected chi connectivity index (χ0v) is 16.5. The number of nitrogens with one attached hydrogen (secondary N) is 2. The lowest BCUT2D eigenvalue weighted by Gasteiger charge is -2.23. The van der Waals surface area contributed by atoms with Gasteiger partial charge in [-0.2, -0.15) is 0 Å². The SMILES string of the molecule is Cc1cc(C(C)(O)CN=C(NCCc2ccco2)NC2CCCC2)c(C)o1. The highest BCUT2D eigenvalue weighted by molar-refractivity contribution is 5.80. The van der Waals surface area contributed by atoms with Crippen molar-refractivity contribution < 1.29 is 13.9 Å². The Morgan fingerprint density at radius 3 is 2.74 bits per heavy atom. The highest BCUT2D eigenvalue weighted by Gasteiger charge is 2.28. The highest BCUT2D eigenvalue weighted by Crippen LogP contribution is 2.27. The van der Waals surface area contributed by atoms with Gasteiger partial charge < -0.3 is 24.6 Å². The largest absolute Gasteiger partial charge is 0.469 e. The Balaban J connectivity index is 1.65. The van der Waals surface area contributed by atoms with Gasteiger partial charge in [-0.15, -0.1) is 0 Å². The number of furan rings is 2. The monoisotopic (exact) mass is 373 g/mol. The van der Waals surface area contributed by atoms with E-state index in [1.807, 2.05) is 32.0 Å². The third kappa shape index (κ3) is 5.39. The molecule has 0 saturated heterocycles. The molecule has 0 bridgehead atoms. The average molecular weight is 373 g/mol. The molecule has 27 heavy (non-hydrogen) atoms. The summed E-state index contributed by atoms with van der Waals surface area (Å²) in [7, 11) is 0. The normalized spacial score (nSPS) is 17.9. The first-order valence-electron chi connectivity index (χ1n) is 9.81. The van der Waals surface area contributed by atoms with E-state index in [1.165, 1.54) is 12.8 Å². The molecular formula is C21H31N3O3. The van der Waals surface area contributed by atoms with Crippen molar-refractivity contribution in [2.24, 2.45) is 4.99 Å². The van der Waals surface area contributed by atoms with Crippen molar-refractivity contribution in [2.75, 3.05) is 13.1 Å². The summed E-state index contributed by atoms with van der Waals surface area (Å²) in [5.41, 5.74) is -0.285. The standard InChI is InChI=1S/C21H31N3O3/c1-15-13-19(16(2)27-15)21(3,25)14-23-20(24-17-7-4-5-8-17)22-11-10-18-9-6-12-26-18/h6,9,12-13,17,25H,4-5,7-8,10-11,14H2,1-3H3,(H2,22,23,24). The van der Waals surface area contributed by atoms with Crippen LogP contribution in [-0.4, -0.2) is 30.2 Å². The minimum atomic E-state index is -1.08. The number of rotatable bonds is 7. The van der Waals surface area contributed by atoms with Gasteiger partial charge in [-0.1, -0.05) is 12.8 Å². The summed E-state index contributed by atoms with van der Waals surface area (Å²) in [6, 6.07) is 6.20. The lowest BCUT2D eigenvalue weighted by atomic mass is 9.96. The first-order valence-corrected chi connectivity index (χ1v) is 9.81. The van der Waals surface area contributed by atoms with E-state index < -0.39 is 5.60 Å². The summed E-state index contributed by atoms with van der Waals surface area (Å²) in [4.78, 5) is 4.68. The Labute approximate surface area is 161 Å². The zero-order chi connectivity index (χ0) is 19.3. The van der Waals surface area contributed by atoms with E-state index in [1.54, 1.807) is 13.2 Å². The Morgan fingerprint density at radius 2 is 2.11 bits per heavy atom. The van der Waals surface area contributed by atoms with Crippen LogP contribution in [-0.2, 0) is 12.0 Å². The molecule has 1 aliphatic carbocycles. The molecular weight excluding hydrogens is 342 g/mol. The first kappa shape index (κ1) is 19.5. The van der Waals surface area contributed by atoms with Gasteiger partial charge in [0.1, 0.15) is 22.9 Å². The van der Waals surface area contributed by atoms with Gasteiger partial charge >= 0.3 is 0 Å². The Morgan fingerprint density at radius 1 is 1.33 bits per heavy atom. The van der Waals surface area contributed by atoms with Crippen LogP contribution in [0.2, 0.25) is 0 Å². The quantitative estimate of drug-likeness (QED) is 0.512. The maximum absolute atomic E-state index is 10.9. The maximum atomic E-state index is 10.9. The van der Waals surface area contributed by atoms with Crippen molar-refractivity contribution in [2.45, 2.75) is 64.5 Å². The van der Waals surface area contributed by atoms with Crippen LogP contribution in [0, 0.1) is 13.8 Å². The highest BCUT2D eigenvalue weighted by atomic mass is 16.3. The molecule has 1 atom stereocenters. The maximum Gasteiger partial charge on any atom is 0.191 e. The minimum Gasteiger partial charge on any atom is -0.469 e. The number of nitrogens with zero attached hydrogens (tertiary/aromatic N) is 1. The van der Waals surface area contributed by atoms with Gasteiger partial charge in [0, 0.05) is 24.6 Å². The van der Waals surface area contributed by atoms with Gasteiger partial charge in [0.15, 0.2) is 5.96 Å². The Hall–Kier alpha value is -2.21. The van der Waals surface area contributed by atoms with Crippen molar-refractivity contribution in [3.05, 3.63) is 47.3 Å². The van der Waals surface area contributed by atoms with E-state index in [4.69, 9.17) is 8.83 Å². The molecule has 2 aromatic heterocycles. The summed E-state index contributed by atoms with van der Waals surface area (Å²) in [6.07, 6.45) is 7.30. The van der Waals surface area contributed by atoms with Crippen LogP contribution in [0.15, 0.2) is 38.3 Å². The minimum absolute atomic E-state index is 0.260. The molecule has 148 valence electrons. The van der Waals surface area contributed by atoms with Crippen LogP contribution in [0.1, 0.15) is 55.5 Å². The van der Waals surface area contributed by atoms with Crippen molar-refractivity contribution in [1.82, 2.24) is 10.6 Å². The first-order chi connectivity index (χ1) is 12.9. The van der Waals surface area contributed by atoms with E-state index in [2.05, 4.69) is 15.6 Å². The number of aliphatic hydroxyl groups is 1. The molecule has 1 fully saturated rings. The van der Waals surface area contributed by atoms with Gasteiger partial charge in [0.05, 0.1) is 12.8 Å². The Kier molecular flexibility index (Phi) is 6.26. The molecule has 0 amide bonds. The number of aliphatic imine (C=N–C) groups is 1. The fraction of sp³-hybridized carbons (Fsp3) is 0.571. The zero-order valence-electron chi connectivity index (χ0n) is 16.5. The summed E-state index contributed by atoms with van der Waals surface area (Å²) in [6.45, 7) is 6.52. The van der Waals surface area contributed by atoms with Crippen LogP contribution in [0.25, 0.3) is 0 Å². The lowest BCUT2D eigenvalue weighted by Crippen LogP contribution is -2.44. The van der Waals surface area contributed by atoms with Gasteiger partial charge in [0.2, 0.25) is 0 Å². The van der Waals surface area contributed by atoms with Crippen molar-refractivity contribution in [3.8, 4) is 0 Å². The van der Waals surface area contributed by atoms with Crippen LogP contribution in [0.5, 0.6) is 0 Å². The molecule has 0 aromatic carbocycles. The second-order valence-corrected chi connectivity index (χ2v) is 7.65. The number of hydrogen-bond acceptors (Lipinski definition) is 4. The molecule has 1 unspecified atom stereocenters. The third-order valence-electron chi connectivity index (χ3n) is 5.11. The molecule has 0 radical (unpaired) electrons. The van der Waals surface area contributed by atoms with Gasteiger partial charge in [-0.3, -0.25) is 0 Å². The molecule has 0 aliphatic heterocycles. The van der Waals surface area contributed by atoms with Crippen LogP contribution in [0.4, 0.5) is 0 Å². The predicted octanol–water partition coefficient (Wildman–Crippen LogP) is 3.42. The second kappa shape index (κ2) is 8.65. The molecule has 2 aromatic rings. The predicted molar refractivity (Wildman–Crippen MR) is 106 cm³/mol. The van der Waals surface area contributed by atoms with E-state index in [0.717, 1.165) is 54.6 Å². The summed E-state index contributed by atoms with van der Waals surface area (Å²) in [5, 5.41) is 17.8. The van der Waals surface area contributed by atoms with Gasteiger partial charge in [-0.05, 0) is 51.8 Å². The van der Waals surface area contributed by atoms with E-state index in [9.17, 15) is 5.11 Å². The van der Waals surface area contributed by atoms with E-state index >= 15 is 0 Å². The van der Waals surface area contributed by atoms with Crippen molar-refractivity contribution in [1.29, 1.82) is 0 Å². The molecule has 6 nitrogen and oxygen atoms in total. The van der Waals surface area contributed by atoms with Gasteiger partial charge in [0.25, 0.3) is 0 Å². The smallest absolute Gasteiger partial charge is 0.191 e. The molecule has 1 saturated carbocycles. The average Bonchev–Trinajstić information content (AvgIpc) is 3.35. The van der Waals surface area contributed by atoms with E-state index in [0.29, 0.717) is 6.04 Å². The van der Waals surface area contributed by atoms with Crippen LogP contribution < -0.4 is 10.6 Å². The summed E-state index contributed by atoms with van der Waals surface area (Å²) in [5.74, 6) is 3.22. The number of guanidine groups is 1. The summed E-state index contributed by atoms with van der Waals surface area (Å²) < 4.78 is 11.0. The van der Waals surface area contributed by atoms with Crippen molar-refractivity contribution in [3.63, 3.8) is 0 Å². The molecule has 3 N–H and O–H groups in total. The molecule has 6 heteroatoms. The second-order valence-electron chi connectivity index (χ2n) is 7.65. The molecule has 2 heterocycles. The number of aryl methyl sites for hydroxylation is 2. The summed E-state index contributed by atoms with van der Waals surface area (Å²) >= 11 is 0. The molecule has 1 aliphatic rings. The topological polar surface area (TPSA) is 82.9 Å². The fourth-order valence-electron chi connectivity index (χ4n) is 3.66. The van der Waals surface area contributed by atoms with E-state index in [-0.39, 0.29) is 6.54 Å². The van der Waals surface area contributed by atoms with Gasteiger partial charge in [-0.25, -0.2) is 4.99 Å².